The summed E-state index contributed by atoms with van der Waals surface area (Å²) in [6.07, 6.45) is 0. The summed E-state index contributed by atoms with van der Waals surface area (Å²) >= 11 is 13.1. The van der Waals surface area contributed by atoms with Crippen molar-refractivity contribution < 1.29 is 14.3 Å². The number of hydrogen-bond acceptors (Lipinski definition) is 6. The average Bonchev–Trinajstić information content (AvgIpc) is 3.29. The Hall–Kier alpha value is -3.46. The van der Waals surface area contributed by atoms with Gasteiger partial charge in [-0.15, -0.1) is 0 Å². The minimum Gasteiger partial charge on any atom is -0.495 e. The summed E-state index contributed by atoms with van der Waals surface area (Å²) in [4.78, 5) is 12.9. The molecule has 0 radical (unpaired) electrons. The number of hydrogen-bond donors (Lipinski definition) is 4. The molecule has 4 N–H and O–H groups in total. The van der Waals surface area contributed by atoms with Gasteiger partial charge in [-0.3, -0.25) is 9.89 Å². The number of nitrogens with zero attached hydrogens (tertiary/aromatic N) is 1. The predicted octanol–water partition coefficient (Wildman–Crippen LogP) is 6.22. The van der Waals surface area contributed by atoms with Gasteiger partial charge in [0.15, 0.2) is 5.82 Å². The minimum atomic E-state index is -0.255. The number of anilines is 2. The van der Waals surface area contributed by atoms with Crippen molar-refractivity contribution in [1.29, 1.82) is 0 Å². The van der Waals surface area contributed by atoms with E-state index in [0.717, 1.165) is 29.7 Å². The molecule has 4 rings (SSSR count). The SMILES string of the molecule is COc1cc(OC)c(Cl)c(-c2ccc3c(NC(=O)c4ccc(NCCNC(C)C)cc4)n[nH]c3c2)c1Cl. The number of aromatic nitrogens is 2. The second-order valence-corrected chi connectivity index (χ2v) is 9.44. The lowest BCUT2D eigenvalue weighted by molar-refractivity contribution is 0.102. The van der Waals surface area contributed by atoms with E-state index in [9.17, 15) is 4.79 Å². The Morgan fingerprint density at radius 2 is 1.65 bits per heavy atom. The predicted molar refractivity (Wildman–Crippen MR) is 151 cm³/mol. The highest BCUT2D eigenvalue weighted by Crippen LogP contribution is 2.46. The molecule has 0 unspecified atom stereocenters. The summed E-state index contributed by atoms with van der Waals surface area (Å²) in [5, 5.41) is 18.3. The van der Waals surface area contributed by atoms with Crippen LogP contribution in [0.15, 0.2) is 48.5 Å². The highest BCUT2D eigenvalue weighted by Gasteiger charge is 2.20. The van der Waals surface area contributed by atoms with E-state index in [0.29, 0.717) is 50.0 Å². The molecule has 0 bridgehead atoms. The molecule has 1 amide bonds. The van der Waals surface area contributed by atoms with E-state index in [2.05, 4.69) is 40.0 Å². The molecule has 0 saturated carbocycles. The Kier molecular flexibility index (Phi) is 8.43. The number of aromatic amines is 1. The lowest BCUT2D eigenvalue weighted by atomic mass is 10.0. The first-order valence-corrected chi connectivity index (χ1v) is 12.5. The fraction of sp³-hybridized carbons (Fsp3) is 0.259. The van der Waals surface area contributed by atoms with Gasteiger partial charge >= 0.3 is 0 Å². The molecule has 1 aromatic heterocycles. The van der Waals surface area contributed by atoms with Crippen LogP contribution in [0.2, 0.25) is 10.0 Å². The molecular formula is C27H29Cl2N5O3. The quantitative estimate of drug-likeness (QED) is 0.178. The summed E-state index contributed by atoms with van der Waals surface area (Å²) in [7, 11) is 3.06. The molecule has 10 heteroatoms. The number of fused-ring (bicyclic) bond motifs is 1. The van der Waals surface area contributed by atoms with E-state index in [1.807, 2.05) is 30.3 Å². The number of carbonyl (C=O) groups is 1. The Labute approximate surface area is 225 Å². The van der Waals surface area contributed by atoms with Gasteiger partial charge in [-0.25, -0.2) is 0 Å². The van der Waals surface area contributed by atoms with Crippen molar-refractivity contribution in [1.82, 2.24) is 15.5 Å². The molecule has 194 valence electrons. The molecule has 0 aliphatic carbocycles. The number of carbonyl (C=O) groups excluding carboxylic acids is 1. The van der Waals surface area contributed by atoms with Crippen molar-refractivity contribution in [3.8, 4) is 22.6 Å². The number of H-pyrrole nitrogens is 1. The summed E-state index contributed by atoms with van der Waals surface area (Å²) in [5.41, 5.74) is 3.51. The second kappa shape index (κ2) is 11.7. The van der Waals surface area contributed by atoms with Crippen LogP contribution in [0.5, 0.6) is 11.5 Å². The molecular weight excluding hydrogens is 513 g/mol. The third kappa shape index (κ3) is 5.93. The largest absolute Gasteiger partial charge is 0.495 e. The number of benzene rings is 3. The number of amides is 1. The molecule has 0 saturated heterocycles. The fourth-order valence-corrected chi connectivity index (χ4v) is 4.62. The van der Waals surface area contributed by atoms with Crippen molar-refractivity contribution in [2.24, 2.45) is 0 Å². The van der Waals surface area contributed by atoms with Crippen molar-refractivity contribution >= 4 is 51.5 Å². The van der Waals surface area contributed by atoms with Crippen molar-refractivity contribution in [3.63, 3.8) is 0 Å². The van der Waals surface area contributed by atoms with Gasteiger partial charge in [-0.2, -0.15) is 5.10 Å². The van der Waals surface area contributed by atoms with E-state index in [4.69, 9.17) is 32.7 Å². The van der Waals surface area contributed by atoms with Gasteiger partial charge in [0.05, 0.1) is 29.8 Å². The van der Waals surface area contributed by atoms with E-state index >= 15 is 0 Å². The van der Waals surface area contributed by atoms with Gasteiger partial charge in [-0.1, -0.05) is 43.1 Å². The van der Waals surface area contributed by atoms with Gasteiger partial charge in [0.25, 0.3) is 5.91 Å². The van der Waals surface area contributed by atoms with Crippen LogP contribution < -0.4 is 25.4 Å². The van der Waals surface area contributed by atoms with Crippen LogP contribution in [0.4, 0.5) is 11.5 Å². The molecule has 0 spiro atoms. The van der Waals surface area contributed by atoms with E-state index in [1.165, 1.54) is 14.2 Å². The van der Waals surface area contributed by atoms with Crippen LogP contribution in [0.25, 0.3) is 22.0 Å². The van der Waals surface area contributed by atoms with Crippen LogP contribution in [-0.4, -0.2) is 49.5 Å². The maximum absolute atomic E-state index is 12.9. The van der Waals surface area contributed by atoms with Gasteiger partial charge in [0.1, 0.15) is 11.5 Å². The summed E-state index contributed by atoms with van der Waals surface area (Å²) in [6, 6.07) is 15.0. The Morgan fingerprint density at radius 3 is 2.27 bits per heavy atom. The van der Waals surface area contributed by atoms with Gasteiger partial charge in [0, 0.05) is 47.4 Å². The standard InChI is InChI=1S/C27H29Cl2N5O3/c1-15(2)30-11-12-31-18-8-5-16(6-9-18)27(35)32-26-19-10-7-17(13-20(19)33-34-26)23-24(28)21(36-3)14-22(37-4)25(23)29/h5-10,13-15,30-31H,11-12H2,1-4H3,(H2,32,33,34,35). The monoisotopic (exact) mass is 541 g/mol. The second-order valence-electron chi connectivity index (χ2n) is 8.68. The third-order valence-corrected chi connectivity index (χ3v) is 6.56. The number of rotatable bonds is 10. The van der Waals surface area contributed by atoms with Crippen LogP contribution in [0, 0.1) is 0 Å². The first-order valence-electron chi connectivity index (χ1n) is 11.8. The fourth-order valence-electron chi connectivity index (χ4n) is 3.90. The minimum absolute atomic E-state index is 0.255. The lowest BCUT2D eigenvalue weighted by Crippen LogP contribution is -2.28. The van der Waals surface area contributed by atoms with Crippen molar-refractivity contribution in [3.05, 3.63) is 64.1 Å². The van der Waals surface area contributed by atoms with Crippen LogP contribution in [-0.2, 0) is 0 Å². The van der Waals surface area contributed by atoms with E-state index in [1.54, 1.807) is 18.2 Å². The Bertz CT molecular complexity index is 1380. The van der Waals surface area contributed by atoms with E-state index < -0.39 is 0 Å². The van der Waals surface area contributed by atoms with E-state index in [-0.39, 0.29) is 5.91 Å². The number of halogens is 2. The lowest BCUT2D eigenvalue weighted by Gasteiger charge is -2.14. The summed E-state index contributed by atoms with van der Waals surface area (Å²) in [6.45, 7) is 5.87. The number of ether oxygens (including phenoxy) is 2. The Morgan fingerprint density at radius 1 is 0.973 bits per heavy atom. The molecule has 3 aromatic carbocycles. The molecule has 37 heavy (non-hydrogen) atoms. The highest BCUT2D eigenvalue weighted by atomic mass is 35.5. The van der Waals surface area contributed by atoms with Gasteiger partial charge in [0.2, 0.25) is 0 Å². The number of nitrogens with one attached hydrogen (secondary N) is 4. The molecule has 1 heterocycles. The zero-order chi connectivity index (χ0) is 26.5. The molecule has 0 fully saturated rings. The number of methoxy groups -OCH3 is 2. The zero-order valence-electron chi connectivity index (χ0n) is 21.0. The van der Waals surface area contributed by atoms with Crippen LogP contribution >= 0.6 is 23.2 Å². The highest BCUT2D eigenvalue weighted by molar-refractivity contribution is 6.41. The van der Waals surface area contributed by atoms with Crippen molar-refractivity contribution in [2.75, 3.05) is 37.9 Å². The average molecular weight is 542 g/mol. The molecule has 4 aromatic rings. The summed E-state index contributed by atoms with van der Waals surface area (Å²) < 4.78 is 10.8. The normalized spacial score (nSPS) is 11.1. The van der Waals surface area contributed by atoms with Gasteiger partial charge < -0.3 is 25.4 Å². The smallest absolute Gasteiger partial charge is 0.256 e. The van der Waals surface area contributed by atoms with Crippen LogP contribution in [0.1, 0.15) is 24.2 Å². The molecule has 0 aliphatic heterocycles. The zero-order valence-corrected chi connectivity index (χ0v) is 22.6. The third-order valence-electron chi connectivity index (χ3n) is 5.81. The maximum atomic E-state index is 12.9. The first-order chi connectivity index (χ1) is 17.8. The Balaban J connectivity index is 1.51. The molecule has 8 nitrogen and oxygen atoms in total. The maximum Gasteiger partial charge on any atom is 0.256 e. The summed E-state index contributed by atoms with van der Waals surface area (Å²) in [5.74, 6) is 1.07. The molecule has 0 atom stereocenters. The van der Waals surface area contributed by atoms with Crippen LogP contribution in [0.3, 0.4) is 0 Å². The van der Waals surface area contributed by atoms with Gasteiger partial charge in [-0.05, 0) is 42.0 Å². The first kappa shape index (κ1) is 26.6. The topological polar surface area (TPSA) is 100 Å². The van der Waals surface area contributed by atoms with Crippen molar-refractivity contribution in [2.45, 2.75) is 19.9 Å². The molecule has 0 aliphatic rings.